The van der Waals surface area contributed by atoms with Gasteiger partial charge in [-0.15, -0.1) is 0 Å². The van der Waals surface area contributed by atoms with Gasteiger partial charge in [0.1, 0.15) is 0 Å². The van der Waals surface area contributed by atoms with Gasteiger partial charge in [0.2, 0.25) is 0 Å². The Morgan fingerprint density at radius 3 is 1.00 bits per heavy atom. The molecular formula is AgCuFeSnZn. The Labute approximate surface area is 98.2 Å². The van der Waals surface area contributed by atoms with Crippen LogP contribution < -0.4 is 0 Å². The first-order chi connectivity index (χ1) is 0. The van der Waals surface area contributed by atoms with E-state index in [9.17, 15) is 0 Å². The summed E-state index contributed by atoms with van der Waals surface area (Å²) in [5.74, 6) is 0. The first-order valence-corrected chi connectivity index (χ1v) is 0. The van der Waals surface area contributed by atoms with Crippen molar-refractivity contribution in [3.63, 3.8) is 0 Å². The van der Waals surface area contributed by atoms with E-state index in [0.29, 0.717) is 0 Å². The van der Waals surface area contributed by atoms with Crippen molar-refractivity contribution in [2.24, 2.45) is 0 Å². The summed E-state index contributed by atoms with van der Waals surface area (Å²) in [6.07, 6.45) is 0. The van der Waals surface area contributed by atoms with E-state index < -0.39 is 0 Å². The van der Waals surface area contributed by atoms with Crippen LogP contribution in [0.2, 0.25) is 0 Å². The van der Waals surface area contributed by atoms with Gasteiger partial charge in [0.25, 0.3) is 0 Å². The molecule has 0 heterocycles. The smallest absolute Gasteiger partial charge is 0 e. The zero-order chi connectivity index (χ0) is 0. The molecular weight excluding hydrogens is 411 g/mol. The predicted molar refractivity (Wildman–Crippen MR) is 5.75 cm³/mol. The fourth-order valence-corrected chi connectivity index (χ4v) is 0. The van der Waals surface area contributed by atoms with Gasteiger partial charge in [0, 0.05) is 99.9 Å². The summed E-state index contributed by atoms with van der Waals surface area (Å²) in [7, 11) is 0. The van der Waals surface area contributed by atoms with Crippen LogP contribution in [0.4, 0.5) is 0 Å². The van der Waals surface area contributed by atoms with E-state index in [2.05, 4.69) is 0 Å². The molecule has 0 saturated carbocycles. The molecule has 0 spiro atoms. The molecule has 6 radical (unpaired) electrons. The summed E-state index contributed by atoms with van der Waals surface area (Å²) in [5, 5.41) is 0. The second-order valence-corrected chi connectivity index (χ2v) is 0. The molecule has 0 nitrogen and oxygen atoms in total. The Morgan fingerprint density at radius 2 is 1.00 bits per heavy atom. The van der Waals surface area contributed by atoms with Gasteiger partial charge in [-0.3, -0.25) is 0 Å². The molecule has 5 heteroatoms. The third-order valence-electron chi connectivity index (χ3n) is 0. The Balaban J connectivity index is 0. The first kappa shape index (κ1) is 41.5. The van der Waals surface area contributed by atoms with E-state index >= 15 is 0 Å². The maximum Gasteiger partial charge on any atom is 0 e. The molecule has 0 saturated heterocycles. The molecule has 0 aromatic rings. The fraction of sp³-hybridized carbons (Fsp3) is 0. The maximum absolute atomic E-state index is 0. The van der Waals surface area contributed by atoms with Gasteiger partial charge in [0.15, 0.2) is 0 Å². The second-order valence-electron chi connectivity index (χ2n) is 0. The Kier molecular flexibility index (Phi) is 224. The van der Waals surface area contributed by atoms with Crippen molar-refractivity contribution in [1.29, 1.82) is 0 Å². The van der Waals surface area contributed by atoms with Gasteiger partial charge < -0.3 is 0 Å². The number of hydrogen-bond acceptors (Lipinski definition) is 0. The minimum Gasteiger partial charge on any atom is 0 e. The Morgan fingerprint density at radius 1 is 1.00 bits per heavy atom. The van der Waals surface area contributed by atoms with Crippen molar-refractivity contribution in [2.45, 2.75) is 0 Å². The van der Waals surface area contributed by atoms with Gasteiger partial charge in [-0.05, 0) is 0 Å². The van der Waals surface area contributed by atoms with Crippen LogP contribution in [0.1, 0.15) is 0 Å². The van der Waals surface area contributed by atoms with Crippen LogP contribution in [0, 0.1) is 0 Å². The van der Waals surface area contributed by atoms with Gasteiger partial charge in [-0.25, -0.2) is 0 Å². The van der Waals surface area contributed by atoms with Crippen molar-refractivity contribution in [3.8, 4) is 0 Å². The normalized spacial score (nSPS) is 0. The van der Waals surface area contributed by atoms with E-state index in [-0.39, 0.29) is 99.9 Å². The Hall–Kier alpha value is 3.20. The predicted octanol–water partition coefficient (Wildman–Crippen LogP) is -0.391. The van der Waals surface area contributed by atoms with Gasteiger partial charge in [0.05, 0.1) is 0 Å². The topological polar surface area (TPSA) is 0 Å². The molecule has 0 aromatic heterocycles. The fourth-order valence-electron chi connectivity index (χ4n) is 0. The van der Waals surface area contributed by atoms with Crippen LogP contribution in [-0.2, 0) is 76.0 Å². The number of hydrogen-bond donors (Lipinski definition) is 0. The van der Waals surface area contributed by atoms with E-state index in [1.165, 1.54) is 0 Å². The summed E-state index contributed by atoms with van der Waals surface area (Å²) < 4.78 is 0. The molecule has 0 aliphatic rings. The average molecular weight is 411 g/mol. The van der Waals surface area contributed by atoms with Crippen LogP contribution in [0.5, 0.6) is 0 Å². The van der Waals surface area contributed by atoms with Gasteiger partial charge in [-0.1, -0.05) is 0 Å². The number of rotatable bonds is 0. The molecule has 0 aliphatic carbocycles. The maximum atomic E-state index is 0. The van der Waals surface area contributed by atoms with Crippen LogP contribution in [0.15, 0.2) is 0 Å². The zero-order valence-corrected chi connectivity index (χ0v) is 11.5. The minimum atomic E-state index is 0. The van der Waals surface area contributed by atoms with Crippen molar-refractivity contribution in [2.75, 3.05) is 0 Å². The molecule has 0 atom stereocenters. The Bertz CT molecular complexity index is 11.6. The molecule has 0 rings (SSSR count). The van der Waals surface area contributed by atoms with E-state index in [4.69, 9.17) is 0 Å². The molecule has 0 aliphatic heterocycles. The van der Waals surface area contributed by atoms with Gasteiger partial charge in [-0.2, -0.15) is 0 Å². The summed E-state index contributed by atoms with van der Waals surface area (Å²) in [6.45, 7) is 0. The molecule has 0 amide bonds. The standard InChI is InChI=1S/Ag.Cu.Fe.Sn.Zn. The van der Waals surface area contributed by atoms with Crippen LogP contribution in [-0.4, -0.2) is 23.9 Å². The monoisotopic (exact) mass is 410 g/mol. The molecule has 36 valence electrons. The van der Waals surface area contributed by atoms with Crippen molar-refractivity contribution in [1.82, 2.24) is 0 Å². The van der Waals surface area contributed by atoms with E-state index in [0.717, 1.165) is 0 Å². The summed E-state index contributed by atoms with van der Waals surface area (Å²) in [4.78, 5) is 0. The van der Waals surface area contributed by atoms with Crippen LogP contribution in [0.3, 0.4) is 0 Å². The summed E-state index contributed by atoms with van der Waals surface area (Å²) in [5.41, 5.74) is 0. The molecule has 0 fully saturated rings. The molecule has 0 unspecified atom stereocenters. The van der Waals surface area contributed by atoms with Crippen LogP contribution in [0.25, 0.3) is 0 Å². The third kappa shape index (κ3) is 19.0. The quantitative estimate of drug-likeness (QED) is 0.477. The van der Waals surface area contributed by atoms with Crippen molar-refractivity contribution >= 4 is 23.9 Å². The molecule has 0 bridgehead atoms. The van der Waals surface area contributed by atoms with Crippen molar-refractivity contribution < 1.29 is 76.0 Å². The third-order valence-corrected chi connectivity index (χ3v) is 0. The van der Waals surface area contributed by atoms with E-state index in [1.807, 2.05) is 0 Å². The summed E-state index contributed by atoms with van der Waals surface area (Å²) in [6, 6.07) is 0. The largest absolute Gasteiger partial charge is 0 e. The molecule has 5 heavy (non-hydrogen) atoms. The summed E-state index contributed by atoms with van der Waals surface area (Å²) >= 11 is 0. The van der Waals surface area contributed by atoms with Crippen molar-refractivity contribution in [3.05, 3.63) is 0 Å². The van der Waals surface area contributed by atoms with Crippen LogP contribution >= 0.6 is 0 Å². The molecule has 0 aromatic carbocycles. The SMILES string of the molecule is [Ag].[Cu].[Fe].[Sn].[Zn]. The zero-order valence-electron chi connectivity index (χ0n) is 2.16. The van der Waals surface area contributed by atoms with E-state index in [1.54, 1.807) is 0 Å². The molecule has 0 N–H and O–H groups in total. The van der Waals surface area contributed by atoms with Gasteiger partial charge >= 0.3 is 0 Å². The minimum absolute atomic E-state index is 0. The average Bonchev–Trinajstić information content (AvgIpc) is 0. The second kappa shape index (κ2) is 27.0. The first-order valence-electron chi connectivity index (χ1n) is 0.